The van der Waals surface area contributed by atoms with Gasteiger partial charge in [-0.2, -0.15) is 0 Å². The van der Waals surface area contributed by atoms with E-state index in [9.17, 15) is 4.79 Å². The van der Waals surface area contributed by atoms with Crippen LogP contribution in [0.15, 0.2) is 36.8 Å². The number of aromatic nitrogens is 3. The number of nitrogens with zero attached hydrogens (tertiary/aromatic N) is 2. The molecule has 0 fully saturated rings. The standard InChI is InChI=1S/C17H18N4O/c1-11-15(12(2)21-10-20-11)9-19-17(22)8-13-3-4-14-5-6-18-16(14)7-13/h3-7,10,18H,8-9H2,1-2H3,(H,19,22). The highest BCUT2D eigenvalue weighted by Crippen LogP contribution is 2.14. The minimum Gasteiger partial charge on any atom is -0.361 e. The quantitative estimate of drug-likeness (QED) is 0.776. The van der Waals surface area contributed by atoms with E-state index in [-0.39, 0.29) is 5.91 Å². The molecule has 0 saturated heterocycles. The molecule has 3 aromatic rings. The number of benzene rings is 1. The Labute approximate surface area is 128 Å². The summed E-state index contributed by atoms with van der Waals surface area (Å²) in [6.07, 6.45) is 3.80. The highest BCUT2D eigenvalue weighted by Gasteiger charge is 2.08. The number of aryl methyl sites for hydroxylation is 2. The molecule has 0 aliphatic carbocycles. The van der Waals surface area contributed by atoms with Crippen molar-refractivity contribution in [1.82, 2.24) is 20.3 Å². The van der Waals surface area contributed by atoms with Crippen LogP contribution in [0.5, 0.6) is 0 Å². The first-order valence-electron chi connectivity index (χ1n) is 7.23. The van der Waals surface area contributed by atoms with E-state index in [4.69, 9.17) is 0 Å². The second kappa shape index (κ2) is 5.97. The van der Waals surface area contributed by atoms with Crippen LogP contribution < -0.4 is 5.32 Å². The van der Waals surface area contributed by atoms with E-state index in [1.807, 2.05) is 44.3 Å². The number of hydrogen-bond acceptors (Lipinski definition) is 3. The zero-order chi connectivity index (χ0) is 15.5. The number of aromatic amines is 1. The van der Waals surface area contributed by atoms with E-state index in [0.29, 0.717) is 13.0 Å². The van der Waals surface area contributed by atoms with Crippen LogP contribution in [0.1, 0.15) is 22.5 Å². The molecule has 0 saturated carbocycles. The van der Waals surface area contributed by atoms with Gasteiger partial charge < -0.3 is 10.3 Å². The van der Waals surface area contributed by atoms with Crippen molar-refractivity contribution in [2.45, 2.75) is 26.8 Å². The second-order valence-electron chi connectivity index (χ2n) is 5.38. The van der Waals surface area contributed by atoms with Gasteiger partial charge in [0, 0.05) is 35.2 Å². The van der Waals surface area contributed by atoms with Gasteiger partial charge in [0.15, 0.2) is 0 Å². The minimum absolute atomic E-state index is 0.00596. The number of nitrogens with one attached hydrogen (secondary N) is 2. The van der Waals surface area contributed by atoms with Gasteiger partial charge in [-0.05, 0) is 36.9 Å². The van der Waals surface area contributed by atoms with E-state index >= 15 is 0 Å². The van der Waals surface area contributed by atoms with Crippen LogP contribution in [-0.4, -0.2) is 20.9 Å². The smallest absolute Gasteiger partial charge is 0.224 e. The van der Waals surface area contributed by atoms with Gasteiger partial charge in [0.1, 0.15) is 6.33 Å². The molecule has 2 N–H and O–H groups in total. The van der Waals surface area contributed by atoms with Crippen LogP contribution >= 0.6 is 0 Å². The van der Waals surface area contributed by atoms with Crippen LogP contribution in [0.2, 0.25) is 0 Å². The molecule has 3 rings (SSSR count). The zero-order valence-electron chi connectivity index (χ0n) is 12.7. The van der Waals surface area contributed by atoms with E-state index in [1.165, 1.54) is 0 Å². The van der Waals surface area contributed by atoms with Crippen molar-refractivity contribution in [3.63, 3.8) is 0 Å². The van der Waals surface area contributed by atoms with Crippen LogP contribution in [0.4, 0.5) is 0 Å². The summed E-state index contributed by atoms with van der Waals surface area (Å²) in [5, 5.41) is 4.09. The fourth-order valence-corrected chi connectivity index (χ4v) is 2.52. The molecule has 0 spiro atoms. The molecular formula is C17H18N4O. The van der Waals surface area contributed by atoms with Gasteiger partial charge in [-0.15, -0.1) is 0 Å². The number of amides is 1. The summed E-state index contributed by atoms with van der Waals surface area (Å²) in [6.45, 7) is 4.31. The Hall–Kier alpha value is -2.69. The van der Waals surface area contributed by atoms with Gasteiger partial charge in [-0.3, -0.25) is 4.79 Å². The lowest BCUT2D eigenvalue weighted by atomic mass is 10.1. The molecule has 112 valence electrons. The van der Waals surface area contributed by atoms with Crippen molar-refractivity contribution in [1.29, 1.82) is 0 Å². The maximum absolute atomic E-state index is 12.1. The fraction of sp³-hybridized carbons (Fsp3) is 0.235. The first kappa shape index (κ1) is 14.3. The van der Waals surface area contributed by atoms with Gasteiger partial charge in [-0.1, -0.05) is 12.1 Å². The fourth-order valence-electron chi connectivity index (χ4n) is 2.52. The summed E-state index contributed by atoms with van der Waals surface area (Å²) >= 11 is 0. The number of carbonyl (C=O) groups is 1. The highest BCUT2D eigenvalue weighted by molar-refractivity contribution is 5.83. The Bertz CT molecular complexity index is 802. The summed E-state index contributed by atoms with van der Waals surface area (Å²) in [5.41, 5.74) is 4.83. The van der Waals surface area contributed by atoms with Gasteiger partial charge in [-0.25, -0.2) is 9.97 Å². The van der Waals surface area contributed by atoms with Crippen molar-refractivity contribution in [2.24, 2.45) is 0 Å². The Balaban J connectivity index is 1.65. The Morgan fingerprint density at radius 1 is 1.18 bits per heavy atom. The summed E-state index contributed by atoms with van der Waals surface area (Å²) in [5.74, 6) is -0.00596. The molecule has 0 aliphatic rings. The van der Waals surface area contributed by atoms with E-state index in [1.54, 1.807) is 6.33 Å². The molecule has 1 amide bonds. The van der Waals surface area contributed by atoms with Gasteiger partial charge in [0.05, 0.1) is 6.42 Å². The SMILES string of the molecule is Cc1ncnc(C)c1CNC(=O)Cc1ccc2cc[nH]c2c1. The van der Waals surface area contributed by atoms with E-state index in [0.717, 1.165) is 33.4 Å². The first-order valence-corrected chi connectivity index (χ1v) is 7.23. The van der Waals surface area contributed by atoms with Crippen LogP contribution in [0, 0.1) is 13.8 Å². The second-order valence-corrected chi connectivity index (χ2v) is 5.38. The number of rotatable bonds is 4. The Morgan fingerprint density at radius 3 is 2.73 bits per heavy atom. The van der Waals surface area contributed by atoms with Crippen molar-refractivity contribution in [2.75, 3.05) is 0 Å². The van der Waals surface area contributed by atoms with Crippen LogP contribution in [0.25, 0.3) is 10.9 Å². The number of hydrogen-bond donors (Lipinski definition) is 2. The van der Waals surface area contributed by atoms with Crippen LogP contribution in [-0.2, 0) is 17.8 Å². The summed E-state index contributed by atoms with van der Waals surface area (Å²) in [7, 11) is 0. The predicted octanol–water partition coefficient (Wildman–Crippen LogP) is 2.43. The molecule has 0 unspecified atom stereocenters. The molecule has 0 bridgehead atoms. The lowest BCUT2D eigenvalue weighted by Gasteiger charge is -2.09. The number of fused-ring (bicyclic) bond motifs is 1. The normalized spacial score (nSPS) is 10.8. The monoisotopic (exact) mass is 294 g/mol. The molecular weight excluding hydrogens is 276 g/mol. The maximum atomic E-state index is 12.1. The molecule has 1 aromatic carbocycles. The molecule has 0 aliphatic heterocycles. The van der Waals surface area contributed by atoms with Gasteiger partial charge in [0.25, 0.3) is 0 Å². The van der Waals surface area contributed by atoms with E-state index < -0.39 is 0 Å². The number of H-pyrrole nitrogens is 1. The van der Waals surface area contributed by atoms with Crippen molar-refractivity contribution in [3.05, 3.63) is 59.3 Å². The zero-order valence-corrected chi connectivity index (χ0v) is 12.7. The predicted molar refractivity (Wildman–Crippen MR) is 85.4 cm³/mol. The van der Waals surface area contributed by atoms with Crippen molar-refractivity contribution in [3.8, 4) is 0 Å². The highest BCUT2D eigenvalue weighted by atomic mass is 16.1. The molecule has 5 heteroatoms. The van der Waals surface area contributed by atoms with Gasteiger partial charge in [0.2, 0.25) is 5.91 Å². The van der Waals surface area contributed by atoms with Crippen molar-refractivity contribution < 1.29 is 4.79 Å². The number of carbonyl (C=O) groups excluding carboxylic acids is 1. The largest absolute Gasteiger partial charge is 0.361 e. The third-order valence-corrected chi connectivity index (χ3v) is 3.82. The van der Waals surface area contributed by atoms with Crippen LogP contribution in [0.3, 0.4) is 0 Å². The first-order chi connectivity index (χ1) is 10.6. The van der Waals surface area contributed by atoms with Crippen molar-refractivity contribution >= 4 is 16.8 Å². The Kier molecular flexibility index (Phi) is 3.87. The summed E-state index contributed by atoms with van der Waals surface area (Å²) in [6, 6.07) is 8.03. The molecule has 5 nitrogen and oxygen atoms in total. The third-order valence-electron chi connectivity index (χ3n) is 3.82. The lowest BCUT2D eigenvalue weighted by Crippen LogP contribution is -2.25. The lowest BCUT2D eigenvalue weighted by molar-refractivity contribution is -0.120. The molecule has 2 heterocycles. The molecule has 22 heavy (non-hydrogen) atoms. The average molecular weight is 294 g/mol. The van der Waals surface area contributed by atoms with Gasteiger partial charge >= 0.3 is 0 Å². The molecule has 0 atom stereocenters. The average Bonchev–Trinajstić information content (AvgIpc) is 2.94. The Morgan fingerprint density at radius 2 is 1.95 bits per heavy atom. The maximum Gasteiger partial charge on any atom is 0.224 e. The summed E-state index contributed by atoms with van der Waals surface area (Å²) in [4.78, 5) is 23.6. The van der Waals surface area contributed by atoms with E-state index in [2.05, 4.69) is 20.3 Å². The third kappa shape index (κ3) is 2.98. The minimum atomic E-state index is -0.00596. The molecule has 2 aromatic heterocycles. The molecule has 0 radical (unpaired) electrons. The summed E-state index contributed by atoms with van der Waals surface area (Å²) < 4.78 is 0. The topological polar surface area (TPSA) is 70.7 Å².